The summed E-state index contributed by atoms with van der Waals surface area (Å²) in [5.41, 5.74) is 1.90. The molecule has 208 valence electrons. The molecule has 0 aliphatic heterocycles. The smallest absolute Gasteiger partial charge is 0.228 e. The number of hydrogen-bond acceptors (Lipinski definition) is 4. The number of allylic oxidation sites excluding steroid dienone is 4. The van der Waals surface area contributed by atoms with E-state index in [-0.39, 0.29) is 21.5 Å². The molecular weight excluding hydrogens is 569 g/mol. The normalized spacial score (nSPS) is 14.1. The van der Waals surface area contributed by atoms with E-state index in [1.54, 1.807) is 109 Å². The van der Waals surface area contributed by atoms with Crippen molar-refractivity contribution in [1.29, 1.82) is 0 Å². The van der Waals surface area contributed by atoms with Crippen LogP contribution in [0, 0.1) is 0 Å². The van der Waals surface area contributed by atoms with Gasteiger partial charge in [0.1, 0.15) is 0 Å². The van der Waals surface area contributed by atoms with E-state index in [1.807, 2.05) is 12.1 Å². The second-order valence-electron chi connectivity index (χ2n) is 8.88. The first kappa shape index (κ1) is 28.5. The lowest BCUT2D eigenvalue weighted by Gasteiger charge is -2.08. The van der Waals surface area contributed by atoms with Gasteiger partial charge in [-0.1, -0.05) is 97.1 Å². The topological polar surface area (TPSA) is 118 Å². The summed E-state index contributed by atoms with van der Waals surface area (Å²) in [5, 5.41) is 0. The quantitative estimate of drug-likeness (QED) is 0.163. The van der Waals surface area contributed by atoms with Crippen molar-refractivity contribution in [2.45, 2.75) is 9.79 Å². The number of aliphatic imine (C=N–C) groups is 2. The fourth-order valence-corrected chi connectivity index (χ4v) is 5.77. The first-order valence-electron chi connectivity index (χ1n) is 12.7. The van der Waals surface area contributed by atoms with Gasteiger partial charge in [0.25, 0.3) is 20.0 Å². The van der Waals surface area contributed by atoms with E-state index in [4.69, 9.17) is 0 Å². The molecule has 1 aliphatic carbocycles. The van der Waals surface area contributed by atoms with Gasteiger partial charge in [0.05, 0.1) is 21.2 Å². The Bertz CT molecular complexity index is 1800. The van der Waals surface area contributed by atoms with Crippen LogP contribution in [0.15, 0.2) is 174 Å². The zero-order valence-corrected chi connectivity index (χ0v) is 23.7. The van der Waals surface area contributed by atoms with E-state index >= 15 is 0 Å². The molecule has 4 aromatic carbocycles. The average Bonchev–Trinajstić information content (AvgIpc) is 3.03. The highest BCUT2D eigenvalue weighted by atomic mass is 32.2. The van der Waals surface area contributed by atoms with Crippen LogP contribution < -0.4 is 0 Å². The van der Waals surface area contributed by atoms with Crippen LogP contribution >= 0.6 is 0 Å². The largest absolute Gasteiger partial charge is 0.284 e. The first-order chi connectivity index (χ1) is 20.3. The van der Waals surface area contributed by atoms with Crippen molar-refractivity contribution in [3.63, 3.8) is 0 Å². The van der Waals surface area contributed by atoms with E-state index in [9.17, 15) is 16.8 Å². The maximum atomic E-state index is 13.0. The summed E-state index contributed by atoms with van der Waals surface area (Å²) in [4.78, 5) is 9.15. The number of sulfonamides is 2. The molecule has 10 heteroatoms. The van der Waals surface area contributed by atoms with Crippen molar-refractivity contribution >= 4 is 43.1 Å². The molecular formula is C32H24N4O4S2. The molecule has 0 saturated heterocycles. The standard InChI is InChI=1S/C32H24N4O4S2/c37-41(38,29-17-9-3-10-18-29)35-31(25-13-5-1-6-14-25)33-27-21-23-28(24-22-27)34-32(26-15-7-2-8-16-26)36-42(39,40)30-19-11-4-12-20-30/h1-24H. The molecule has 4 aromatic rings. The van der Waals surface area contributed by atoms with Crippen molar-refractivity contribution in [2.24, 2.45) is 18.8 Å². The molecule has 0 N–H and O–H groups in total. The highest BCUT2D eigenvalue weighted by Crippen LogP contribution is 2.17. The highest BCUT2D eigenvalue weighted by Gasteiger charge is 2.17. The molecule has 8 nitrogen and oxygen atoms in total. The second-order valence-corrected chi connectivity index (χ2v) is 12.1. The summed E-state index contributed by atoms with van der Waals surface area (Å²) in [5.74, 6) is 0.0364. The number of rotatable bonds is 6. The summed E-state index contributed by atoms with van der Waals surface area (Å²) in [6.45, 7) is 0. The lowest BCUT2D eigenvalue weighted by atomic mass is 10.1. The monoisotopic (exact) mass is 592 g/mol. The molecule has 0 radical (unpaired) electrons. The first-order valence-corrected chi connectivity index (χ1v) is 15.6. The average molecular weight is 593 g/mol. The Balaban J connectivity index is 1.50. The highest BCUT2D eigenvalue weighted by molar-refractivity contribution is 7.90. The molecule has 0 amide bonds. The molecule has 0 bridgehead atoms. The van der Waals surface area contributed by atoms with Crippen LogP contribution in [0.2, 0.25) is 0 Å². The third-order valence-electron chi connectivity index (χ3n) is 5.88. The Kier molecular flexibility index (Phi) is 8.56. The molecule has 0 atom stereocenters. The third kappa shape index (κ3) is 7.17. The van der Waals surface area contributed by atoms with Crippen LogP contribution in [0.5, 0.6) is 0 Å². The molecule has 0 heterocycles. The predicted octanol–water partition coefficient (Wildman–Crippen LogP) is 5.67. The van der Waals surface area contributed by atoms with Gasteiger partial charge in [-0.2, -0.15) is 16.8 Å². The lowest BCUT2D eigenvalue weighted by molar-refractivity contribution is 0.596. The fraction of sp³-hybridized carbons (Fsp3) is 0. The molecule has 0 spiro atoms. The van der Waals surface area contributed by atoms with Crippen molar-refractivity contribution in [1.82, 2.24) is 0 Å². The SMILES string of the molecule is O=S(=O)(N=C(N=C1C=CC(=NC(=NS(=O)(=O)c2ccccc2)c2ccccc2)C=C1)c1ccccc1)c1ccccc1. The van der Waals surface area contributed by atoms with E-state index in [0.29, 0.717) is 22.6 Å². The van der Waals surface area contributed by atoms with Crippen molar-refractivity contribution in [3.05, 3.63) is 157 Å². The number of hydrogen-bond donors (Lipinski definition) is 0. The van der Waals surface area contributed by atoms with Crippen LogP contribution in [0.4, 0.5) is 0 Å². The zero-order chi connectivity index (χ0) is 29.4. The Hall–Kier alpha value is -5.06. The zero-order valence-electron chi connectivity index (χ0n) is 22.1. The lowest BCUT2D eigenvalue weighted by Crippen LogP contribution is -2.10. The number of amidine groups is 2. The maximum absolute atomic E-state index is 13.0. The van der Waals surface area contributed by atoms with Gasteiger partial charge in [0.2, 0.25) is 0 Å². The van der Waals surface area contributed by atoms with E-state index < -0.39 is 20.0 Å². The minimum absolute atomic E-state index is 0.0182. The number of nitrogens with zero attached hydrogens (tertiary/aromatic N) is 4. The van der Waals surface area contributed by atoms with Crippen LogP contribution in [0.25, 0.3) is 0 Å². The van der Waals surface area contributed by atoms with Gasteiger partial charge in [0, 0.05) is 11.1 Å². The maximum Gasteiger partial charge on any atom is 0.284 e. The van der Waals surface area contributed by atoms with Gasteiger partial charge in [-0.3, -0.25) is 0 Å². The Morgan fingerprint density at radius 1 is 0.405 bits per heavy atom. The van der Waals surface area contributed by atoms with Gasteiger partial charge in [-0.25, -0.2) is 9.98 Å². The van der Waals surface area contributed by atoms with Gasteiger partial charge >= 0.3 is 0 Å². The molecule has 42 heavy (non-hydrogen) atoms. The van der Waals surface area contributed by atoms with E-state index in [0.717, 1.165) is 0 Å². The van der Waals surface area contributed by atoms with E-state index in [1.165, 1.54) is 24.3 Å². The van der Waals surface area contributed by atoms with E-state index in [2.05, 4.69) is 18.8 Å². The Morgan fingerprint density at radius 3 is 1.00 bits per heavy atom. The summed E-state index contributed by atoms with van der Waals surface area (Å²) in [7, 11) is -8.04. The van der Waals surface area contributed by atoms with Crippen LogP contribution in [-0.4, -0.2) is 39.9 Å². The fourth-order valence-electron chi connectivity index (χ4n) is 3.81. The summed E-state index contributed by atoms with van der Waals surface area (Å²) < 4.78 is 60.1. The van der Waals surface area contributed by atoms with Gasteiger partial charge < -0.3 is 0 Å². The molecule has 0 fully saturated rings. The number of benzene rings is 4. The Labute approximate surface area is 244 Å². The van der Waals surface area contributed by atoms with Gasteiger partial charge in [-0.15, -0.1) is 8.80 Å². The third-order valence-corrected chi connectivity index (χ3v) is 8.44. The minimum Gasteiger partial charge on any atom is -0.228 e. The Morgan fingerprint density at radius 2 is 0.690 bits per heavy atom. The predicted molar refractivity (Wildman–Crippen MR) is 166 cm³/mol. The molecule has 0 saturated carbocycles. The molecule has 0 unspecified atom stereocenters. The van der Waals surface area contributed by atoms with Crippen molar-refractivity contribution < 1.29 is 16.8 Å². The van der Waals surface area contributed by atoms with Crippen molar-refractivity contribution in [2.75, 3.05) is 0 Å². The summed E-state index contributed by atoms with van der Waals surface area (Å²) in [6, 6.07) is 33.5. The molecule has 1 aliphatic rings. The summed E-state index contributed by atoms with van der Waals surface area (Å²) in [6.07, 6.45) is 6.56. The van der Waals surface area contributed by atoms with Gasteiger partial charge in [-0.05, 0) is 48.6 Å². The van der Waals surface area contributed by atoms with Crippen LogP contribution in [-0.2, 0) is 20.0 Å². The van der Waals surface area contributed by atoms with Gasteiger partial charge in [0.15, 0.2) is 11.7 Å². The molecule has 0 aromatic heterocycles. The minimum atomic E-state index is -4.02. The van der Waals surface area contributed by atoms with Crippen LogP contribution in [0.1, 0.15) is 11.1 Å². The van der Waals surface area contributed by atoms with Crippen molar-refractivity contribution in [3.8, 4) is 0 Å². The van der Waals surface area contributed by atoms with Crippen LogP contribution in [0.3, 0.4) is 0 Å². The summed E-state index contributed by atoms with van der Waals surface area (Å²) >= 11 is 0. The molecule has 5 rings (SSSR count). The second kappa shape index (κ2) is 12.6.